The van der Waals surface area contributed by atoms with Gasteiger partial charge in [0.15, 0.2) is 5.82 Å². The molecule has 1 rings (SSSR count). The van der Waals surface area contributed by atoms with Crippen LogP contribution in [0.4, 0.5) is 5.82 Å². The zero-order chi connectivity index (χ0) is 11.4. The van der Waals surface area contributed by atoms with Crippen LogP contribution in [0.25, 0.3) is 0 Å². The Kier molecular flexibility index (Phi) is 4.16. The number of rotatable bonds is 3. The monoisotopic (exact) mass is 272 g/mol. The fourth-order valence-electron chi connectivity index (χ4n) is 0.856. The third-order valence-corrected chi connectivity index (χ3v) is 2.48. The summed E-state index contributed by atoms with van der Waals surface area (Å²) in [5.41, 5.74) is 5.61. The number of nitrogens with two attached hydrogens (primary N) is 1. The molecule has 0 aliphatic carbocycles. The van der Waals surface area contributed by atoms with Gasteiger partial charge in [-0.15, -0.1) is 0 Å². The van der Waals surface area contributed by atoms with E-state index in [1.54, 1.807) is 13.8 Å². The van der Waals surface area contributed by atoms with E-state index in [4.69, 9.17) is 5.73 Å². The van der Waals surface area contributed by atoms with Gasteiger partial charge in [-0.2, -0.15) is 0 Å². The molecule has 0 saturated heterocycles. The zero-order valence-corrected chi connectivity index (χ0v) is 10.2. The highest BCUT2D eigenvalue weighted by Gasteiger charge is 2.17. The van der Waals surface area contributed by atoms with E-state index in [0.717, 1.165) is 0 Å². The van der Waals surface area contributed by atoms with E-state index in [-0.39, 0.29) is 17.9 Å². The third kappa shape index (κ3) is 3.56. The molecular weight excluding hydrogens is 260 g/mol. The van der Waals surface area contributed by atoms with Gasteiger partial charge in [0.1, 0.15) is 4.60 Å². The summed E-state index contributed by atoms with van der Waals surface area (Å²) in [6.07, 6.45) is 3.00. The van der Waals surface area contributed by atoms with Crippen molar-refractivity contribution in [1.29, 1.82) is 0 Å². The molecule has 0 aliphatic rings. The molecule has 1 heterocycles. The van der Waals surface area contributed by atoms with Gasteiger partial charge >= 0.3 is 0 Å². The minimum absolute atomic E-state index is 0.151. The quantitative estimate of drug-likeness (QED) is 0.866. The molecule has 0 bridgehead atoms. The number of aromatic nitrogens is 2. The van der Waals surface area contributed by atoms with Crippen molar-refractivity contribution < 1.29 is 4.79 Å². The molecule has 82 valence electrons. The number of hydrogen-bond acceptors (Lipinski definition) is 4. The van der Waals surface area contributed by atoms with Crippen molar-refractivity contribution in [2.24, 2.45) is 11.7 Å². The summed E-state index contributed by atoms with van der Waals surface area (Å²) < 4.78 is 0.626. The molecule has 0 saturated carbocycles. The molecule has 0 spiro atoms. The number of halogens is 1. The molecule has 0 aromatic carbocycles. The van der Waals surface area contributed by atoms with Gasteiger partial charge in [-0.25, -0.2) is 9.97 Å². The third-order valence-electron chi connectivity index (χ3n) is 2.07. The number of hydrogen-bond donors (Lipinski definition) is 2. The average molecular weight is 273 g/mol. The van der Waals surface area contributed by atoms with Crippen molar-refractivity contribution in [3.8, 4) is 0 Å². The Hall–Kier alpha value is -1.01. The number of nitrogens with zero attached hydrogens (tertiary/aromatic N) is 2. The minimum atomic E-state index is -0.254. The fraction of sp³-hybridized carbons (Fsp3) is 0.444. The van der Waals surface area contributed by atoms with Crippen LogP contribution in [0.1, 0.15) is 13.8 Å². The lowest BCUT2D eigenvalue weighted by Gasteiger charge is -2.14. The molecule has 1 amide bonds. The molecule has 2 atom stereocenters. The summed E-state index contributed by atoms with van der Waals surface area (Å²) in [5, 5.41) is 2.64. The van der Waals surface area contributed by atoms with Crippen LogP contribution in [0.5, 0.6) is 0 Å². The van der Waals surface area contributed by atoms with Gasteiger partial charge < -0.3 is 11.1 Å². The topological polar surface area (TPSA) is 80.9 Å². The van der Waals surface area contributed by atoms with Crippen LogP contribution in [0.3, 0.4) is 0 Å². The van der Waals surface area contributed by atoms with E-state index >= 15 is 0 Å². The first kappa shape index (κ1) is 12.1. The van der Waals surface area contributed by atoms with Crippen LogP contribution in [0.15, 0.2) is 17.0 Å². The Labute approximate surface area is 96.6 Å². The predicted molar refractivity (Wildman–Crippen MR) is 61.2 cm³/mol. The highest BCUT2D eigenvalue weighted by Crippen LogP contribution is 2.08. The van der Waals surface area contributed by atoms with E-state index in [2.05, 4.69) is 31.2 Å². The first-order chi connectivity index (χ1) is 7.00. The molecule has 0 radical (unpaired) electrons. The summed E-state index contributed by atoms with van der Waals surface area (Å²) >= 11 is 3.16. The number of carbonyl (C=O) groups is 1. The van der Waals surface area contributed by atoms with E-state index in [0.29, 0.717) is 10.4 Å². The van der Waals surface area contributed by atoms with Gasteiger partial charge in [-0.05, 0) is 22.9 Å². The lowest BCUT2D eigenvalue weighted by Crippen LogP contribution is -2.34. The molecule has 0 aliphatic heterocycles. The Bertz CT molecular complexity index is 338. The zero-order valence-electron chi connectivity index (χ0n) is 8.57. The van der Waals surface area contributed by atoms with Crippen molar-refractivity contribution in [2.75, 3.05) is 5.32 Å². The Morgan fingerprint density at radius 2 is 2.13 bits per heavy atom. The maximum absolute atomic E-state index is 11.6. The smallest absolute Gasteiger partial charge is 0.229 e. The van der Waals surface area contributed by atoms with Crippen LogP contribution < -0.4 is 11.1 Å². The number of anilines is 1. The van der Waals surface area contributed by atoms with Gasteiger partial charge in [-0.3, -0.25) is 4.79 Å². The summed E-state index contributed by atoms with van der Waals surface area (Å²) in [7, 11) is 0. The van der Waals surface area contributed by atoms with Crippen LogP contribution in [0, 0.1) is 5.92 Å². The van der Waals surface area contributed by atoms with Gasteiger partial charge in [-0.1, -0.05) is 6.92 Å². The number of amides is 1. The Morgan fingerprint density at radius 1 is 1.47 bits per heavy atom. The second kappa shape index (κ2) is 5.18. The maximum Gasteiger partial charge on any atom is 0.229 e. The Balaban J connectivity index is 2.62. The van der Waals surface area contributed by atoms with E-state index < -0.39 is 0 Å². The van der Waals surface area contributed by atoms with Gasteiger partial charge in [0.25, 0.3) is 0 Å². The standard InChI is InChI=1S/C9H13BrN4O/c1-5(6(2)11)9(15)14-8-4-12-7(10)3-13-8/h3-6H,11H2,1-2H3,(H,13,14,15). The average Bonchev–Trinajstić information content (AvgIpc) is 2.20. The second-order valence-corrected chi connectivity index (χ2v) is 4.17. The van der Waals surface area contributed by atoms with Crippen molar-refractivity contribution in [3.63, 3.8) is 0 Å². The number of nitrogens with one attached hydrogen (secondary N) is 1. The van der Waals surface area contributed by atoms with Crippen molar-refractivity contribution >= 4 is 27.7 Å². The molecule has 1 aromatic rings. The predicted octanol–water partition coefficient (Wildman–Crippen LogP) is 1.16. The van der Waals surface area contributed by atoms with Crippen LogP contribution in [-0.4, -0.2) is 21.9 Å². The molecular formula is C9H13BrN4O. The van der Waals surface area contributed by atoms with E-state index in [1.807, 2.05) is 0 Å². The highest BCUT2D eigenvalue weighted by molar-refractivity contribution is 9.10. The van der Waals surface area contributed by atoms with E-state index in [1.165, 1.54) is 12.4 Å². The normalized spacial score (nSPS) is 14.4. The minimum Gasteiger partial charge on any atom is -0.327 e. The van der Waals surface area contributed by atoms with Gasteiger partial charge in [0.2, 0.25) is 5.91 Å². The van der Waals surface area contributed by atoms with Crippen molar-refractivity contribution in [1.82, 2.24) is 9.97 Å². The van der Waals surface area contributed by atoms with Crippen LogP contribution in [-0.2, 0) is 4.79 Å². The van der Waals surface area contributed by atoms with Crippen molar-refractivity contribution in [2.45, 2.75) is 19.9 Å². The highest BCUT2D eigenvalue weighted by atomic mass is 79.9. The van der Waals surface area contributed by atoms with Crippen molar-refractivity contribution in [3.05, 3.63) is 17.0 Å². The largest absolute Gasteiger partial charge is 0.327 e. The molecule has 5 nitrogen and oxygen atoms in total. The molecule has 6 heteroatoms. The molecule has 0 fully saturated rings. The van der Waals surface area contributed by atoms with E-state index in [9.17, 15) is 4.79 Å². The molecule has 1 aromatic heterocycles. The summed E-state index contributed by atoms with van der Waals surface area (Å²) in [6, 6.07) is -0.187. The van der Waals surface area contributed by atoms with Gasteiger partial charge in [0, 0.05) is 6.04 Å². The first-order valence-corrected chi connectivity index (χ1v) is 5.34. The SMILES string of the molecule is CC(N)C(C)C(=O)Nc1cnc(Br)cn1. The van der Waals surface area contributed by atoms with Crippen LogP contribution >= 0.6 is 15.9 Å². The summed E-state index contributed by atoms with van der Waals surface area (Å²) in [4.78, 5) is 19.5. The summed E-state index contributed by atoms with van der Waals surface area (Å²) in [6.45, 7) is 3.56. The maximum atomic E-state index is 11.6. The number of carbonyl (C=O) groups excluding carboxylic acids is 1. The molecule has 2 unspecified atom stereocenters. The summed E-state index contributed by atoms with van der Waals surface area (Å²) in [5.74, 6) is 0.0211. The molecule has 3 N–H and O–H groups in total. The fourth-order valence-corrected chi connectivity index (χ4v) is 1.06. The lowest BCUT2D eigenvalue weighted by atomic mass is 10.0. The second-order valence-electron chi connectivity index (χ2n) is 3.36. The lowest BCUT2D eigenvalue weighted by molar-refractivity contribution is -0.119. The van der Waals surface area contributed by atoms with Crippen LogP contribution in [0.2, 0.25) is 0 Å². The first-order valence-electron chi connectivity index (χ1n) is 4.54. The molecule has 15 heavy (non-hydrogen) atoms. The van der Waals surface area contributed by atoms with Gasteiger partial charge in [0.05, 0.1) is 18.3 Å². The Morgan fingerprint density at radius 3 is 2.60 bits per heavy atom.